The molecule has 1 aromatic rings. The third-order valence-electron chi connectivity index (χ3n) is 4.36. The first kappa shape index (κ1) is 14.6. The van der Waals surface area contributed by atoms with Crippen LogP contribution >= 0.6 is 0 Å². The van der Waals surface area contributed by atoms with Crippen molar-refractivity contribution in [3.8, 4) is 0 Å². The Labute approximate surface area is 118 Å². The number of nitrogens with one attached hydrogen (secondary N) is 1. The van der Waals surface area contributed by atoms with Crippen molar-refractivity contribution in [3.63, 3.8) is 0 Å². The molecule has 1 heteroatoms. The summed E-state index contributed by atoms with van der Waals surface area (Å²) in [5, 5.41) is 3.74. The Morgan fingerprint density at radius 3 is 2.58 bits per heavy atom. The van der Waals surface area contributed by atoms with Crippen LogP contribution in [0, 0.1) is 12.8 Å². The number of hydrogen-bond donors (Lipinski definition) is 1. The molecule has 1 fully saturated rings. The minimum absolute atomic E-state index is 0.762. The summed E-state index contributed by atoms with van der Waals surface area (Å²) in [7, 11) is 0. The second-order valence-corrected chi connectivity index (χ2v) is 6.23. The molecule has 2 unspecified atom stereocenters. The highest BCUT2D eigenvalue weighted by Crippen LogP contribution is 2.26. The Bertz CT molecular complexity index is 354. The van der Waals surface area contributed by atoms with Crippen molar-refractivity contribution in [1.29, 1.82) is 0 Å². The van der Waals surface area contributed by atoms with E-state index in [0.717, 1.165) is 12.0 Å². The molecule has 0 spiro atoms. The maximum atomic E-state index is 3.74. The van der Waals surface area contributed by atoms with Crippen LogP contribution in [-0.2, 0) is 6.42 Å². The van der Waals surface area contributed by atoms with Crippen molar-refractivity contribution in [2.45, 2.75) is 64.8 Å². The zero-order valence-corrected chi connectivity index (χ0v) is 12.6. The average molecular weight is 259 g/mol. The lowest BCUT2D eigenvalue weighted by molar-refractivity contribution is 0.384. The predicted octanol–water partition coefficient (Wildman–Crippen LogP) is 4.49. The van der Waals surface area contributed by atoms with Gasteiger partial charge in [-0.25, -0.2) is 0 Å². The van der Waals surface area contributed by atoms with E-state index >= 15 is 0 Å². The van der Waals surface area contributed by atoms with Gasteiger partial charge in [0.2, 0.25) is 0 Å². The van der Waals surface area contributed by atoms with Crippen LogP contribution in [-0.4, -0.2) is 12.6 Å². The normalized spacial score (nSPS) is 24.1. The Hall–Kier alpha value is -0.820. The van der Waals surface area contributed by atoms with E-state index < -0.39 is 0 Å². The van der Waals surface area contributed by atoms with Gasteiger partial charge >= 0.3 is 0 Å². The Kier molecular flexibility index (Phi) is 5.91. The molecule has 0 aromatic heterocycles. The Morgan fingerprint density at radius 1 is 1.11 bits per heavy atom. The molecule has 1 aliphatic rings. The van der Waals surface area contributed by atoms with Crippen LogP contribution in [0.2, 0.25) is 0 Å². The highest BCUT2D eigenvalue weighted by Gasteiger charge is 2.19. The van der Waals surface area contributed by atoms with E-state index in [4.69, 9.17) is 0 Å². The maximum absolute atomic E-state index is 3.74. The molecule has 1 N–H and O–H groups in total. The minimum Gasteiger partial charge on any atom is -0.314 e. The summed E-state index contributed by atoms with van der Waals surface area (Å²) in [5.74, 6) is 0.875. The van der Waals surface area contributed by atoms with Gasteiger partial charge < -0.3 is 5.32 Å². The molecule has 0 aliphatic heterocycles. The van der Waals surface area contributed by atoms with Gasteiger partial charge in [0, 0.05) is 6.04 Å². The summed E-state index contributed by atoms with van der Waals surface area (Å²) in [5.41, 5.74) is 2.89. The van der Waals surface area contributed by atoms with E-state index in [0.29, 0.717) is 0 Å². The summed E-state index contributed by atoms with van der Waals surface area (Å²) in [6.45, 7) is 5.61. The number of benzene rings is 1. The van der Waals surface area contributed by atoms with Crippen LogP contribution in [0.3, 0.4) is 0 Å². The first-order chi connectivity index (χ1) is 9.28. The molecule has 2 atom stereocenters. The molecule has 1 nitrogen and oxygen atoms in total. The fraction of sp³-hybridized carbons (Fsp3) is 0.667. The van der Waals surface area contributed by atoms with Gasteiger partial charge in [0.15, 0.2) is 0 Å². The van der Waals surface area contributed by atoms with E-state index in [9.17, 15) is 0 Å². The van der Waals surface area contributed by atoms with E-state index in [1.165, 1.54) is 62.6 Å². The molecular formula is C18H29N. The van der Waals surface area contributed by atoms with E-state index in [2.05, 4.69) is 43.4 Å². The molecule has 2 rings (SSSR count). The summed E-state index contributed by atoms with van der Waals surface area (Å²) >= 11 is 0. The van der Waals surface area contributed by atoms with E-state index in [1.54, 1.807) is 0 Å². The quantitative estimate of drug-likeness (QED) is 0.768. The van der Waals surface area contributed by atoms with Crippen LogP contribution in [0.25, 0.3) is 0 Å². The lowest BCUT2D eigenvalue weighted by Gasteiger charge is -2.21. The zero-order chi connectivity index (χ0) is 13.5. The lowest BCUT2D eigenvalue weighted by Crippen LogP contribution is -2.31. The minimum atomic E-state index is 0.762. The largest absolute Gasteiger partial charge is 0.314 e. The predicted molar refractivity (Wildman–Crippen MR) is 83.5 cm³/mol. The second kappa shape index (κ2) is 7.69. The third kappa shape index (κ3) is 4.99. The summed E-state index contributed by atoms with van der Waals surface area (Å²) in [4.78, 5) is 0. The van der Waals surface area contributed by atoms with Crippen molar-refractivity contribution in [2.75, 3.05) is 6.54 Å². The van der Waals surface area contributed by atoms with Crippen molar-refractivity contribution in [1.82, 2.24) is 5.32 Å². The topological polar surface area (TPSA) is 12.0 Å². The molecule has 1 saturated carbocycles. The van der Waals surface area contributed by atoms with Gasteiger partial charge in [-0.2, -0.15) is 0 Å². The van der Waals surface area contributed by atoms with Gasteiger partial charge in [-0.1, -0.05) is 56.0 Å². The van der Waals surface area contributed by atoms with Crippen molar-refractivity contribution < 1.29 is 0 Å². The molecule has 0 radical (unpaired) electrons. The molecule has 0 saturated heterocycles. The summed E-state index contributed by atoms with van der Waals surface area (Å²) in [6, 6.07) is 9.89. The van der Waals surface area contributed by atoms with Gasteiger partial charge in [-0.3, -0.25) is 0 Å². The van der Waals surface area contributed by atoms with Crippen LogP contribution < -0.4 is 5.32 Å². The van der Waals surface area contributed by atoms with Gasteiger partial charge in [0.1, 0.15) is 0 Å². The molecule has 0 heterocycles. The summed E-state index contributed by atoms with van der Waals surface area (Å²) < 4.78 is 0. The molecule has 1 aliphatic carbocycles. The summed E-state index contributed by atoms with van der Waals surface area (Å²) in [6.07, 6.45) is 9.51. The number of hydrogen-bond acceptors (Lipinski definition) is 1. The monoisotopic (exact) mass is 259 g/mol. The smallest absolute Gasteiger partial charge is 0.00698 e. The number of rotatable bonds is 5. The lowest BCUT2D eigenvalue weighted by atomic mass is 9.91. The third-order valence-corrected chi connectivity index (χ3v) is 4.36. The second-order valence-electron chi connectivity index (χ2n) is 6.23. The average Bonchev–Trinajstić information content (AvgIpc) is 2.64. The maximum Gasteiger partial charge on any atom is 0.00698 e. The molecular weight excluding hydrogens is 230 g/mol. The highest BCUT2D eigenvalue weighted by atomic mass is 14.9. The van der Waals surface area contributed by atoms with Crippen LogP contribution in [0.15, 0.2) is 24.3 Å². The van der Waals surface area contributed by atoms with E-state index in [1.807, 2.05) is 0 Å². The molecule has 0 amide bonds. The van der Waals surface area contributed by atoms with Crippen LogP contribution in [0.4, 0.5) is 0 Å². The highest BCUT2D eigenvalue weighted by molar-refractivity contribution is 5.21. The van der Waals surface area contributed by atoms with Gasteiger partial charge in [0.05, 0.1) is 0 Å². The molecule has 106 valence electrons. The molecule has 1 aromatic carbocycles. The van der Waals surface area contributed by atoms with Crippen molar-refractivity contribution in [2.24, 2.45) is 5.92 Å². The fourth-order valence-corrected chi connectivity index (χ4v) is 3.24. The first-order valence-corrected chi connectivity index (χ1v) is 8.07. The van der Waals surface area contributed by atoms with Crippen LogP contribution in [0.1, 0.15) is 56.6 Å². The van der Waals surface area contributed by atoms with Gasteiger partial charge in [-0.05, 0) is 50.6 Å². The first-order valence-electron chi connectivity index (χ1n) is 8.07. The zero-order valence-electron chi connectivity index (χ0n) is 12.6. The van der Waals surface area contributed by atoms with Gasteiger partial charge in [0.25, 0.3) is 0 Å². The van der Waals surface area contributed by atoms with E-state index in [-0.39, 0.29) is 0 Å². The number of aryl methyl sites for hydroxylation is 1. The van der Waals surface area contributed by atoms with Crippen molar-refractivity contribution >= 4 is 0 Å². The Balaban J connectivity index is 1.88. The fourth-order valence-electron chi connectivity index (χ4n) is 3.24. The van der Waals surface area contributed by atoms with Gasteiger partial charge in [-0.15, -0.1) is 0 Å². The van der Waals surface area contributed by atoms with Crippen LogP contribution in [0.5, 0.6) is 0 Å². The Morgan fingerprint density at radius 2 is 1.84 bits per heavy atom. The standard InChI is InChI=1S/C18H29N/c1-3-12-19-18-7-5-4-6-17(14-18)13-16-10-8-15(2)9-11-16/h8-11,17-19H,3-7,12-14H2,1-2H3. The molecule has 19 heavy (non-hydrogen) atoms. The molecule has 0 bridgehead atoms. The van der Waals surface area contributed by atoms with Crippen molar-refractivity contribution in [3.05, 3.63) is 35.4 Å². The SMILES string of the molecule is CCCNC1CCCCC(Cc2ccc(C)cc2)C1.